The monoisotopic (exact) mass is 296 g/mol. The van der Waals surface area contributed by atoms with E-state index in [0.717, 1.165) is 0 Å². The molecule has 19 heavy (non-hydrogen) atoms. The van der Waals surface area contributed by atoms with Gasteiger partial charge in [-0.1, -0.05) is 6.92 Å². The minimum atomic E-state index is -4.41. The molecule has 1 rings (SSSR count). The molecule has 0 aromatic carbocycles. The molecule has 1 aromatic rings. The van der Waals surface area contributed by atoms with Gasteiger partial charge in [-0.15, -0.1) is 11.6 Å². The van der Waals surface area contributed by atoms with Crippen LogP contribution in [0.4, 0.5) is 18.9 Å². The first-order valence-corrected chi connectivity index (χ1v) is 5.87. The molecule has 1 N–H and O–H groups in total. The molecule has 0 saturated heterocycles. The van der Waals surface area contributed by atoms with Crippen molar-refractivity contribution in [2.45, 2.75) is 13.1 Å². The highest BCUT2D eigenvalue weighted by atomic mass is 35.5. The molecule has 0 saturated carbocycles. The van der Waals surface area contributed by atoms with Crippen molar-refractivity contribution >= 4 is 23.2 Å². The molecule has 0 aliphatic carbocycles. The second-order valence-corrected chi connectivity index (χ2v) is 4.14. The molecule has 1 aromatic heterocycles. The minimum absolute atomic E-state index is 0.166. The summed E-state index contributed by atoms with van der Waals surface area (Å²) in [5, 5.41) is 2.53. The number of halogens is 4. The number of pyridine rings is 1. The van der Waals surface area contributed by atoms with Crippen LogP contribution in [-0.4, -0.2) is 29.6 Å². The number of nitrogens with zero attached hydrogens (tertiary/aromatic N) is 1. The van der Waals surface area contributed by atoms with Gasteiger partial charge in [0.05, 0.1) is 11.9 Å². The first-order valence-electron chi connectivity index (χ1n) is 5.34. The third-order valence-electron chi connectivity index (χ3n) is 2.07. The van der Waals surface area contributed by atoms with E-state index in [0.29, 0.717) is 5.69 Å². The number of hydrogen-bond donors (Lipinski definition) is 1. The van der Waals surface area contributed by atoms with Crippen LogP contribution < -0.4 is 10.1 Å². The van der Waals surface area contributed by atoms with Crippen LogP contribution in [0.15, 0.2) is 18.3 Å². The highest BCUT2D eigenvalue weighted by Crippen LogP contribution is 2.18. The van der Waals surface area contributed by atoms with E-state index in [2.05, 4.69) is 15.0 Å². The predicted molar refractivity (Wildman–Crippen MR) is 64.3 cm³/mol. The van der Waals surface area contributed by atoms with E-state index in [4.69, 9.17) is 11.6 Å². The predicted octanol–water partition coefficient (Wildman–Crippen LogP) is 2.84. The number of nitrogens with one attached hydrogen (secondary N) is 1. The summed E-state index contributed by atoms with van der Waals surface area (Å²) < 4.78 is 40.1. The minimum Gasteiger partial charge on any atom is -0.468 e. The standard InChI is InChI=1S/C11H12ClF3N2O2/c1-7(4-12)10(18)17-8-2-3-9(16-5-8)19-6-11(13,14)15/h2-3,5,7H,4,6H2,1H3,(H,17,18). The Morgan fingerprint density at radius 2 is 2.21 bits per heavy atom. The van der Waals surface area contributed by atoms with Crippen LogP contribution >= 0.6 is 11.6 Å². The first-order chi connectivity index (χ1) is 8.81. The summed E-state index contributed by atoms with van der Waals surface area (Å²) in [5.41, 5.74) is 0.362. The number of carbonyl (C=O) groups is 1. The lowest BCUT2D eigenvalue weighted by atomic mass is 10.2. The molecule has 0 aliphatic heterocycles. The number of anilines is 1. The van der Waals surface area contributed by atoms with Gasteiger partial charge in [0.1, 0.15) is 0 Å². The van der Waals surface area contributed by atoms with Crippen LogP contribution in [0.3, 0.4) is 0 Å². The fourth-order valence-electron chi connectivity index (χ4n) is 1.03. The fraction of sp³-hybridized carbons (Fsp3) is 0.455. The lowest BCUT2D eigenvalue weighted by molar-refractivity contribution is -0.154. The normalized spacial score (nSPS) is 12.9. The van der Waals surface area contributed by atoms with Crippen LogP contribution in [0.25, 0.3) is 0 Å². The van der Waals surface area contributed by atoms with E-state index in [-0.39, 0.29) is 23.6 Å². The maximum atomic E-state index is 11.9. The van der Waals surface area contributed by atoms with E-state index in [1.807, 2.05) is 0 Å². The molecule has 4 nitrogen and oxygen atoms in total. The molecular formula is C11H12ClF3N2O2. The number of rotatable bonds is 5. The number of carbonyl (C=O) groups excluding carboxylic acids is 1. The van der Waals surface area contributed by atoms with Crippen molar-refractivity contribution in [3.63, 3.8) is 0 Å². The van der Waals surface area contributed by atoms with Crippen LogP contribution in [0.2, 0.25) is 0 Å². The molecule has 0 spiro atoms. The quantitative estimate of drug-likeness (QED) is 0.850. The lowest BCUT2D eigenvalue weighted by Gasteiger charge is -2.10. The molecule has 0 radical (unpaired) electrons. The van der Waals surface area contributed by atoms with Crippen molar-refractivity contribution < 1.29 is 22.7 Å². The van der Waals surface area contributed by atoms with Gasteiger partial charge in [-0.3, -0.25) is 4.79 Å². The molecule has 1 unspecified atom stereocenters. The van der Waals surface area contributed by atoms with E-state index in [1.54, 1.807) is 6.92 Å². The van der Waals surface area contributed by atoms with Gasteiger partial charge in [0.2, 0.25) is 11.8 Å². The van der Waals surface area contributed by atoms with Gasteiger partial charge in [0, 0.05) is 17.9 Å². The topological polar surface area (TPSA) is 51.2 Å². The van der Waals surface area contributed by atoms with Crippen molar-refractivity contribution in [2.24, 2.45) is 5.92 Å². The Morgan fingerprint density at radius 1 is 1.53 bits per heavy atom. The van der Waals surface area contributed by atoms with Gasteiger partial charge in [0.25, 0.3) is 0 Å². The zero-order chi connectivity index (χ0) is 14.5. The highest BCUT2D eigenvalue weighted by Gasteiger charge is 2.28. The second kappa shape index (κ2) is 6.60. The third kappa shape index (κ3) is 5.78. The molecule has 0 aliphatic rings. The lowest BCUT2D eigenvalue weighted by Crippen LogP contribution is -2.21. The van der Waals surface area contributed by atoms with Crippen molar-refractivity contribution in [3.8, 4) is 5.88 Å². The number of alkyl halides is 4. The van der Waals surface area contributed by atoms with E-state index in [9.17, 15) is 18.0 Å². The van der Waals surface area contributed by atoms with Gasteiger partial charge < -0.3 is 10.1 Å². The van der Waals surface area contributed by atoms with Crippen LogP contribution in [0.1, 0.15) is 6.92 Å². The summed E-state index contributed by atoms with van der Waals surface area (Å²) in [4.78, 5) is 15.1. The van der Waals surface area contributed by atoms with E-state index < -0.39 is 12.8 Å². The largest absolute Gasteiger partial charge is 0.468 e. The summed E-state index contributed by atoms with van der Waals surface area (Å²) in [6.45, 7) is 0.242. The van der Waals surface area contributed by atoms with Gasteiger partial charge >= 0.3 is 6.18 Å². The Balaban J connectivity index is 2.54. The summed E-state index contributed by atoms with van der Waals surface area (Å²) in [6.07, 6.45) is -3.20. The SMILES string of the molecule is CC(CCl)C(=O)Nc1ccc(OCC(F)(F)F)nc1. The van der Waals surface area contributed by atoms with Crippen molar-refractivity contribution in [3.05, 3.63) is 18.3 Å². The van der Waals surface area contributed by atoms with E-state index in [1.165, 1.54) is 18.3 Å². The molecule has 106 valence electrons. The molecule has 0 fully saturated rings. The zero-order valence-corrected chi connectivity index (χ0v) is 10.8. The number of ether oxygens (including phenoxy) is 1. The Hall–Kier alpha value is -1.50. The summed E-state index contributed by atoms with van der Waals surface area (Å²) in [6, 6.07) is 2.64. The maximum absolute atomic E-state index is 11.9. The Kier molecular flexibility index (Phi) is 5.41. The molecular weight excluding hydrogens is 285 g/mol. The molecule has 0 bridgehead atoms. The smallest absolute Gasteiger partial charge is 0.422 e. The van der Waals surface area contributed by atoms with Crippen LogP contribution in [-0.2, 0) is 4.79 Å². The van der Waals surface area contributed by atoms with Crippen molar-refractivity contribution in [2.75, 3.05) is 17.8 Å². The van der Waals surface area contributed by atoms with E-state index >= 15 is 0 Å². The second-order valence-electron chi connectivity index (χ2n) is 3.83. The van der Waals surface area contributed by atoms with Crippen molar-refractivity contribution in [1.29, 1.82) is 0 Å². The van der Waals surface area contributed by atoms with Gasteiger partial charge in [-0.2, -0.15) is 13.2 Å². The average molecular weight is 297 g/mol. The van der Waals surface area contributed by atoms with Crippen LogP contribution in [0, 0.1) is 5.92 Å². The summed E-state index contributed by atoms with van der Waals surface area (Å²) in [7, 11) is 0. The number of hydrogen-bond acceptors (Lipinski definition) is 3. The highest BCUT2D eigenvalue weighted by molar-refractivity contribution is 6.19. The average Bonchev–Trinajstić information content (AvgIpc) is 2.36. The fourth-order valence-corrected chi connectivity index (χ4v) is 1.17. The Morgan fingerprint density at radius 3 is 2.68 bits per heavy atom. The molecule has 1 atom stereocenters. The Bertz CT molecular complexity index is 423. The zero-order valence-electron chi connectivity index (χ0n) is 10.00. The first kappa shape index (κ1) is 15.6. The maximum Gasteiger partial charge on any atom is 0.422 e. The van der Waals surface area contributed by atoms with Crippen LogP contribution in [0.5, 0.6) is 5.88 Å². The summed E-state index contributed by atoms with van der Waals surface area (Å²) in [5.74, 6) is -0.657. The third-order valence-corrected chi connectivity index (χ3v) is 2.53. The van der Waals surface area contributed by atoms with Gasteiger partial charge in [-0.05, 0) is 6.07 Å². The van der Waals surface area contributed by atoms with Crippen molar-refractivity contribution in [1.82, 2.24) is 4.98 Å². The number of aromatic nitrogens is 1. The molecule has 1 amide bonds. The molecule has 1 heterocycles. The van der Waals surface area contributed by atoms with Gasteiger partial charge in [0.15, 0.2) is 6.61 Å². The summed E-state index contributed by atoms with van der Waals surface area (Å²) >= 11 is 5.52. The van der Waals surface area contributed by atoms with Gasteiger partial charge in [-0.25, -0.2) is 4.98 Å². The number of amides is 1. The molecule has 8 heteroatoms. The Labute approximate surface area is 112 Å².